The van der Waals surface area contributed by atoms with Crippen LogP contribution in [0.1, 0.15) is 169 Å². The maximum Gasteiger partial charge on any atom is 0.238 e. The maximum absolute atomic E-state index is 15.8. The molecule has 11 heterocycles. The number of ether oxygens (including phenoxy) is 1. The monoisotopic (exact) mass is 1250 g/mol. The molecule has 456 valence electrons. The van der Waals surface area contributed by atoms with E-state index in [2.05, 4.69) is 85.9 Å². The molecule has 8 N–H and O–H groups in total. The van der Waals surface area contributed by atoms with Crippen LogP contribution in [0.5, 0.6) is 23.0 Å². The zero-order valence-electron chi connectivity index (χ0n) is 49.6. The highest BCUT2D eigenvalue weighted by Gasteiger charge is 2.48. The molecule has 3 aliphatic carbocycles. The summed E-state index contributed by atoms with van der Waals surface area (Å²) in [4.78, 5) is 15.8. The number of aromatic hydroxyl groups is 3. The number of piperidine rings is 1. The van der Waals surface area contributed by atoms with Gasteiger partial charge in [-0.1, -0.05) is 118 Å². The van der Waals surface area contributed by atoms with Gasteiger partial charge in [-0.15, -0.1) is 0 Å². The van der Waals surface area contributed by atoms with Crippen LogP contribution >= 0.6 is 43.2 Å². The Balaban J connectivity index is 0.953. The van der Waals surface area contributed by atoms with Crippen LogP contribution in [0.2, 0.25) is 0 Å². The normalized spacial score (nSPS) is 29.4. The first-order chi connectivity index (χ1) is 42.2. The van der Waals surface area contributed by atoms with Crippen molar-refractivity contribution >= 4 is 64.9 Å². The van der Waals surface area contributed by atoms with Crippen LogP contribution in [0.4, 0.5) is 0 Å². The van der Waals surface area contributed by atoms with Gasteiger partial charge in [0, 0.05) is 58.9 Å². The van der Waals surface area contributed by atoms with E-state index >= 15 is 4.79 Å². The third-order valence-electron chi connectivity index (χ3n) is 21.4. The summed E-state index contributed by atoms with van der Waals surface area (Å²) < 4.78 is 14.1. The van der Waals surface area contributed by atoms with E-state index in [1.165, 1.54) is 28.3 Å². The Bertz CT molecular complexity index is 3900. The van der Waals surface area contributed by atoms with Gasteiger partial charge < -0.3 is 50.2 Å². The number of hydrogen-bond acceptors (Lipinski definition) is 15. The molecule has 2 saturated heterocycles. The molecule has 3 fully saturated rings. The summed E-state index contributed by atoms with van der Waals surface area (Å²) in [5, 5.41) is 93.1. The Labute approximate surface area is 524 Å². The van der Waals surface area contributed by atoms with Gasteiger partial charge >= 0.3 is 0 Å². The summed E-state index contributed by atoms with van der Waals surface area (Å²) in [6, 6.07) is 28.0. The SMILES string of the molecule is CC(C)Cc1cc2c3c(c1O)Cc1cccc(c1)C1NCC(Cc4ccc(cc4)CC4CCC(O)(CC4)CCC4Cc5ccc6c7c8c(cc(c57)C4CCO)-c4c(O)cc5oc-2c(O)c(=O)c5c4OC2CC8C(O)C6SSCCCC2O)CC1SSC3. The molecule has 1 saturated carbocycles. The third kappa shape index (κ3) is 10.5. The summed E-state index contributed by atoms with van der Waals surface area (Å²) in [6.45, 7) is 5.03. The molecule has 13 aliphatic rings. The van der Waals surface area contributed by atoms with Gasteiger partial charge in [-0.25, -0.2) is 0 Å². The second-order valence-corrected chi connectivity index (χ2v) is 32.7. The molecule has 7 aromatic rings. The predicted molar refractivity (Wildman–Crippen MR) is 353 cm³/mol. The van der Waals surface area contributed by atoms with E-state index in [-0.39, 0.29) is 86.9 Å². The number of hydrogen-bond donors (Lipinski definition) is 8. The minimum atomic E-state index is -1.01. The highest BCUT2D eigenvalue weighted by molar-refractivity contribution is 8.77. The summed E-state index contributed by atoms with van der Waals surface area (Å²) >= 11 is 0. The number of aliphatic hydroxyl groups excluding tert-OH is 3. The van der Waals surface area contributed by atoms with Crippen LogP contribution in [0.3, 0.4) is 0 Å². The van der Waals surface area contributed by atoms with Crippen LogP contribution < -0.4 is 15.5 Å². The van der Waals surface area contributed by atoms with Crippen molar-refractivity contribution in [1.82, 2.24) is 5.32 Å². The fraction of sp³-hybridized carbons (Fsp3) is 0.486. The van der Waals surface area contributed by atoms with E-state index < -0.39 is 41.0 Å². The van der Waals surface area contributed by atoms with Gasteiger partial charge in [0.25, 0.3) is 0 Å². The molecule has 10 unspecified atom stereocenters. The van der Waals surface area contributed by atoms with E-state index in [0.717, 1.165) is 109 Å². The minimum Gasteiger partial charge on any atom is -0.507 e. The van der Waals surface area contributed by atoms with Crippen molar-refractivity contribution in [3.05, 3.63) is 150 Å². The summed E-state index contributed by atoms with van der Waals surface area (Å²) in [7, 11) is 6.94. The first-order valence-electron chi connectivity index (χ1n) is 32.1. The van der Waals surface area contributed by atoms with Crippen LogP contribution in [0.15, 0.2) is 88.1 Å². The standard InChI is InChI=1S/C72H79NO10S4/c1-36(2)23-45-30-50-53-35-85-86-58-28-41(34-73-64(58)44-6-3-5-40(26-44)27-49(53)65(45)77)25-38-10-8-37(9-11-38)24-39-14-18-72(81,19-15-39)20-16-42-29-43-12-13-47-62-59(43)48(46(42)17-21-74)31-51-60(62)52-32-56(54(75)7-4-22-84-87-71(47)66(52)78)82-70-61(51)55(76)33-57-63(70)67(79)68(80)69(50)83-57/h3,5-6,8-13,26,30-31,33,36,39,41-42,46,52,54,56,58,64,66,71,73-78,80-81H,4,7,14-25,27-29,32,34-35H2,1-2H3. The van der Waals surface area contributed by atoms with Crippen LogP contribution in [-0.4, -0.2) is 83.8 Å². The first kappa shape index (κ1) is 58.6. The summed E-state index contributed by atoms with van der Waals surface area (Å²) in [6.07, 6.45) is 8.36. The lowest BCUT2D eigenvalue weighted by molar-refractivity contribution is -0.0222. The van der Waals surface area contributed by atoms with Crippen molar-refractivity contribution < 1.29 is 44.9 Å². The Morgan fingerprint density at radius 2 is 1.56 bits per heavy atom. The van der Waals surface area contributed by atoms with Crippen LogP contribution in [0, 0.1) is 23.7 Å². The zero-order chi connectivity index (χ0) is 59.6. The van der Waals surface area contributed by atoms with E-state index in [0.29, 0.717) is 78.4 Å². The smallest absolute Gasteiger partial charge is 0.238 e. The van der Waals surface area contributed by atoms with E-state index in [9.17, 15) is 35.7 Å². The molecule has 15 heteroatoms. The lowest BCUT2D eigenvalue weighted by Crippen LogP contribution is -2.41. The Morgan fingerprint density at radius 3 is 2.36 bits per heavy atom. The summed E-state index contributed by atoms with van der Waals surface area (Å²) in [5.74, 6) is 0.870. The average Bonchev–Trinajstić information content (AvgIpc) is 0.842. The molecule has 0 radical (unpaired) electrons. The van der Waals surface area contributed by atoms with Crippen molar-refractivity contribution in [2.75, 3.05) is 18.9 Å². The Kier molecular flexibility index (Phi) is 15.8. The maximum atomic E-state index is 15.8. The largest absolute Gasteiger partial charge is 0.507 e. The first-order valence-corrected chi connectivity index (χ1v) is 36.8. The topological polar surface area (TPSA) is 193 Å². The lowest BCUT2D eigenvalue weighted by Gasteiger charge is -2.44. The van der Waals surface area contributed by atoms with Gasteiger partial charge in [-0.05, 0) is 217 Å². The lowest BCUT2D eigenvalue weighted by atomic mass is 9.64. The van der Waals surface area contributed by atoms with E-state index in [1.54, 1.807) is 32.4 Å². The number of benzene rings is 6. The van der Waals surface area contributed by atoms with Crippen molar-refractivity contribution in [3.8, 4) is 45.4 Å². The molecular weight excluding hydrogens is 1170 g/mol. The van der Waals surface area contributed by atoms with Gasteiger partial charge in [0.1, 0.15) is 34.3 Å². The fourth-order valence-corrected chi connectivity index (χ4v) is 23.0. The summed E-state index contributed by atoms with van der Waals surface area (Å²) in [5.41, 5.74) is 10.8. The number of rotatable bonds is 4. The molecule has 10 aliphatic heterocycles. The molecule has 20 bridgehead atoms. The van der Waals surface area contributed by atoms with Crippen LogP contribution in [-0.2, 0) is 37.9 Å². The average molecular weight is 1250 g/mol. The Morgan fingerprint density at radius 1 is 0.770 bits per heavy atom. The van der Waals surface area contributed by atoms with E-state index in [1.807, 2.05) is 16.9 Å². The fourth-order valence-electron chi connectivity index (χ4n) is 17.1. The van der Waals surface area contributed by atoms with Crippen molar-refractivity contribution in [2.24, 2.45) is 23.7 Å². The second kappa shape index (κ2) is 23.5. The van der Waals surface area contributed by atoms with Gasteiger partial charge in [0.05, 0.1) is 28.6 Å². The van der Waals surface area contributed by atoms with Gasteiger partial charge in [0.15, 0.2) is 5.76 Å². The molecule has 11 nitrogen and oxygen atoms in total. The number of phenolic OH excluding ortho intramolecular Hbond substituents is 2. The minimum absolute atomic E-state index is 0.000704. The molecule has 87 heavy (non-hydrogen) atoms. The number of phenols is 2. The molecule has 0 amide bonds. The highest BCUT2D eigenvalue weighted by atomic mass is 33.1. The quantitative estimate of drug-likeness (QED) is 0.0776. The predicted octanol–water partition coefficient (Wildman–Crippen LogP) is 14.4. The molecule has 1 aromatic heterocycles. The zero-order valence-corrected chi connectivity index (χ0v) is 52.8. The molecule has 0 spiro atoms. The van der Waals surface area contributed by atoms with Gasteiger partial charge in [0.2, 0.25) is 11.2 Å². The van der Waals surface area contributed by atoms with Crippen molar-refractivity contribution in [3.63, 3.8) is 0 Å². The molecule has 10 atom stereocenters. The number of aliphatic hydroxyl groups is 4. The second-order valence-electron chi connectivity index (χ2n) is 27.4. The van der Waals surface area contributed by atoms with Crippen molar-refractivity contribution in [1.29, 1.82) is 0 Å². The number of nitrogens with one attached hydrogen (secondary N) is 1. The molecule has 6 aromatic carbocycles. The van der Waals surface area contributed by atoms with E-state index in [4.69, 9.17) is 9.15 Å². The Hall–Kier alpha value is -4.81. The van der Waals surface area contributed by atoms with Gasteiger partial charge in [-0.3, -0.25) is 4.79 Å². The molecule has 20 rings (SSSR count). The number of fused-ring (bicyclic) bond motifs is 8. The third-order valence-corrected chi connectivity index (χ3v) is 27.0. The van der Waals surface area contributed by atoms with Gasteiger partial charge in [-0.2, -0.15) is 0 Å². The van der Waals surface area contributed by atoms with Crippen LogP contribution in [0.25, 0.3) is 44.2 Å². The highest BCUT2D eigenvalue weighted by Crippen LogP contribution is 2.62. The van der Waals surface area contributed by atoms with Crippen molar-refractivity contribution in [2.45, 2.75) is 175 Å². The molecular formula is C72H79NO10S4.